The molecule has 2 heterocycles. The van der Waals surface area contributed by atoms with Crippen molar-refractivity contribution in [1.29, 1.82) is 0 Å². The van der Waals surface area contributed by atoms with Crippen LogP contribution < -0.4 is 10.3 Å². The standard InChI is InChI=1S/C23H31N5O3/c1-23(2,30)9-8-20-24-21(15-22(25-20)28-10-12-31-13-11-28)27-26-19-5-3-4-16-14-17(29)6-7-18(16)19/h6-7,14-15,29-30H,3-5,8-13H2,1-2H3,(H,24,25,27)/b26-19+. The van der Waals surface area contributed by atoms with Gasteiger partial charge in [-0.25, -0.2) is 9.97 Å². The molecule has 0 atom stereocenters. The van der Waals surface area contributed by atoms with Crippen molar-refractivity contribution in [2.45, 2.75) is 51.6 Å². The van der Waals surface area contributed by atoms with Gasteiger partial charge in [-0.2, -0.15) is 5.10 Å². The lowest BCUT2D eigenvalue weighted by molar-refractivity contribution is 0.0708. The summed E-state index contributed by atoms with van der Waals surface area (Å²) in [6, 6.07) is 7.37. The van der Waals surface area contributed by atoms with E-state index in [-0.39, 0.29) is 5.75 Å². The van der Waals surface area contributed by atoms with Gasteiger partial charge in [0.05, 0.1) is 24.5 Å². The minimum absolute atomic E-state index is 0.287. The summed E-state index contributed by atoms with van der Waals surface area (Å²) in [5.41, 5.74) is 5.52. The lowest BCUT2D eigenvalue weighted by Gasteiger charge is -2.28. The molecule has 1 aromatic heterocycles. The highest BCUT2D eigenvalue weighted by Crippen LogP contribution is 2.26. The van der Waals surface area contributed by atoms with E-state index in [1.54, 1.807) is 19.9 Å². The number of aromatic nitrogens is 2. The van der Waals surface area contributed by atoms with Crippen LogP contribution in [0.1, 0.15) is 50.1 Å². The second kappa shape index (κ2) is 9.20. The third kappa shape index (κ3) is 5.71. The normalized spacial score (nSPS) is 18.2. The van der Waals surface area contributed by atoms with Gasteiger partial charge in [0.25, 0.3) is 0 Å². The lowest BCUT2D eigenvalue weighted by Crippen LogP contribution is -2.37. The van der Waals surface area contributed by atoms with Crippen LogP contribution in [0.25, 0.3) is 0 Å². The van der Waals surface area contributed by atoms with Crippen molar-refractivity contribution in [3.8, 4) is 5.75 Å². The molecule has 0 unspecified atom stereocenters. The largest absolute Gasteiger partial charge is 0.508 e. The van der Waals surface area contributed by atoms with Crippen molar-refractivity contribution in [2.24, 2.45) is 5.10 Å². The lowest BCUT2D eigenvalue weighted by atomic mass is 9.90. The van der Waals surface area contributed by atoms with Gasteiger partial charge < -0.3 is 19.8 Å². The second-order valence-electron chi connectivity index (χ2n) is 8.80. The molecule has 31 heavy (non-hydrogen) atoms. The van der Waals surface area contributed by atoms with Crippen LogP contribution in [0.3, 0.4) is 0 Å². The fourth-order valence-electron chi connectivity index (χ4n) is 3.91. The highest BCUT2D eigenvalue weighted by atomic mass is 16.5. The van der Waals surface area contributed by atoms with Crippen molar-refractivity contribution < 1.29 is 14.9 Å². The molecule has 0 bridgehead atoms. The summed E-state index contributed by atoms with van der Waals surface area (Å²) in [5, 5.41) is 24.5. The molecule has 166 valence electrons. The number of benzene rings is 1. The number of rotatable bonds is 6. The Balaban J connectivity index is 1.59. The van der Waals surface area contributed by atoms with Crippen LogP contribution in [0.5, 0.6) is 5.75 Å². The quantitative estimate of drug-likeness (QED) is 0.612. The molecule has 1 aliphatic heterocycles. The van der Waals surface area contributed by atoms with E-state index in [0.717, 1.165) is 55.0 Å². The third-order valence-corrected chi connectivity index (χ3v) is 5.62. The summed E-state index contributed by atoms with van der Waals surface area (Å²) in [5.74, 6) is 2.46. The highest BCUT2D eigenvalue weighted by Gasteiger charge is 2.19. The van der Waals surface area contributed by atoms with Gasteiger partial charge in [-0.15, -0.1) is 0 Å². The Bertz CT molecular complexity index is 949. The van der Waals surface area contributed by atoms with Crippen molar-refractivity contribution in [3.05, 3.63) is 41.2 Å². The van der Waals surface area contributed by atoms with Crippen LogP contribution in [0.15, 0.2) is 29.4 Å². The summed E-state index contributed by atoms with van der Waals surface area (Å²) < 4.78 is 5.47. The Morgan fingerprint density at radius 3 is 2.74 bits per heavy atom. The number of hydrogen-bond acceptors (Lipinski definition) is 8. The molecule has 4 rings (SSSR count). The molecule has 2 aromatic rings. The van der Waals surface area contributed by atoms with E-state index < -0.39 is 5.60 Å². The summed E-state index contributed by atoms with van der Waals surface area (Å²) in [7, 11) is 0. The van der Waals surface area contributed by atoms with Gasteiger partial charge in [0, 0.05) is 31.1 Å². The van der Waals surface area contributed by atoms with Gasteiger partial charge in [-0.05, 0) is 63.3 Å². The Hall–Kier alpha value is -2.71. The number of ether oxygens (including phenoxy) is 1. The molecule has 1 fully saturated rings. The molecule has 3 N–H and O–H groups in total. The molecule has 2 aliphatic rings. The number of anilines is 2. The maximum Gasteiger partial charge on any atom is 0.152 e. The van der Waals surface area contributed by atoms with Crippen LogP contribution in [0.4, 0.5) is 11.6 Å². The summed E-state index contributed by atoms with van der Waals surface area (Å²) >= 11 is 0. The first kappa shape index (κ1) is 21.5. The zero-order chi connectivity index (χ0) is 21.8. The topological polar surface area (TPSA) is 103 Å². The number of phenols is 1. The number of hydrogen-bond donors (Lipinski definition) is 3. The number of aryl methyl sites for hydroxylation is 2. The van der Waals surface area contributed by atoms with E-state index >= 15 is 0 Å². The van der Waals surface area contributed by atoms with Gasteiger partial charge in [0.2, 0.25) is 0 Å². The fourth-order valence-corrected chi connectivity index (χ4v) is 3.91. The average Bonchev–Trinajstić information content (AvgIpc) is 2.76. The smallest absolute Gasteiger partial charge is 0.152 e. The first-order valence-electron chi connectivity index (χ1n) is 11.0. The molecule has 1 saturated heterocycles. The van der Waals surface area contributed by atoms with Crippen LogP contribution in [-0.4, -0.2) is 57.8 Å². The van der Waals surface area contributed by atoms with Crippen LogP contribution in [-0.2, 0) is 17.6 Å². The number of aliphatic hydroxyl groups is 1. The number of morpholine rings is 1. The van der Waals surface area contributed by atoms with E-state index in [2.05, 4.69) is 20.4 Å². The molecule has 0 amide bonds. The van der Waals surface area contributed by atoms with E-state index in [0.29, 0.717) is 37.7 Å². The molecule has 1 aromatic carbocycles. The molecular formula is C23H31N5O3. The SMILES string of the molecule is CC(C)(O)CCc1nc(N/N=C2\CCCc3cc(O)ccc32)cc(N2CCOCC2)n1. The number of fused-ring (bicyclic) bond motifs is 1. The molecule has 1 aliphatic carbocycles. The molecule has 0 saturated carbocycles. The number of nitrogens with one attached hydrogen (secondary N) is 1. The summed E-state index contributed by atoms with van der Waals surface area (Å²) in [4.78, 5) is 11.6. The van der Waals surface area contributed by atoms with Crippen LogP contribution >= 0.6 is 0 Å². The maximum absolute atomic E-state index is 10.1. The zero-order valence-corrected chi connectivity index (χ0v) is 18.3. The van der Waals surface area contributed by atoms with Gasteiger partial charge in [-0.1, -0.05) is 0 Å². The first-order valence-corrected chi connectivity index (χ1v) is 11.0. The van der Waals surface area contributed by atoms with Crippen molar-refractivity contribution in [2.75, 3.05) is 36.6 Å². The summed E-state index contributed by atoms with van der Waals surface area (Å²) in [6.07, 6.45) is 3.96. The molecule has 8 nitrogen and oxygen atoms in total. The van der Waals surface area contributed by atoms with Crippen LogP contribution in [0, 0.1) is 0 Å². The van der Waals surface area contributed by atoms with Crippen molar-refractivity contribution >= 4 is 17.3 Å². The van der Waals surface area contributed by atoms with Crippen molar-refractivity contribution in [1.82, 2.24) is 9.97 Å². The first-order chi connectivity index (χ1) is 14.9. The van der Waals surface area contributed by atoms with Gasteiger partial charge in [-0.3, -0.25) is 5.43 Å². The Morgan fingerprint density at radius 2 is 1.97 bits per heavy atom. The summed E-state index contributed by atoms with van der Waals surface area (Å²) in [6.45, 7) is 6.51. The molecule has 0 radical (unpaired) electrons. The predicted octanol–water partition coefficient (Wildman–Crippen LogP) is 2.87. The predicted molar refractivity (Wildman–Crippen MR) is 121 cm³/mol. The average molecular weight is 426 g/mol. The van der Waals surface area contributed by atoms with E-state index in [4.69, 9.17) is 9.72 Å². The number of phenolic OH excluding ortho intramolecular Hbond substituents is 1. The monoisotopic (exact) mass is 425 g/mol. The van der Waals surface area contributed by atoms with Gasteiger partial charge in [0.15, 0.2) is 5.82 Å². The van der Waals surface area contributed by atoms with Gasteiger partial charge in [0.1, 0.15) is 17.4 Å². The number of hydrazone groups is 1. The fraction of sp³-hybridized carbons (Fsp3) is 0.522. The van der Waals surface area contributed by atoms with E-state index in [1.807, 2.05) is 18.2 Å². The van der Waals surface area contributed by atoms with Crippen molar-refractivity contribution in [3.63, 3.8) is 0 Å². The van der Waals surface area contributed by atoms with E-state index in [9.17, 15) is 10.2 Å². The minimum atomic E-state index is -0.774. The van der Waals surface area contributed by atoms with E-state index in [1.165, 1.54) is 0 Å². The minimum Gasteiger partial charge on any atom is -0.508 e. The molecule has 0 spiro atoms. The Labute approximate surface area is 183 Å². The molecular weight excluding hydrogens is 394 g/mol. The highest BCUT2D eigenvalue weighted by molar-refractivity contribution is 6.03. The zero-order valence-electron chi connectivity index (χ0n) is 18.3. The number of aromatic hydroxyl groups is 1. The Kier molecular flexibility index (Phi) is 6.38. The third-order valence-electron chi connectivity index (χ3n) is 5.62. The van der Waals surface area contributed by atoms with Crippen LogP contribution in [0.2, 0.25) is 0 Å². The maximum atomic E-state index is 10.1. The van der Waals surface area contributed by atoms with Gasteiger partial charge >= 0.3 is 0 Å². The second-order valence-corrected chi connectivity index (χ2v) is 8.80. The molecule has 8 heteroatoms. The Morgan fingerprint density at radius 1 is 1.16 bits per heavy atom. The number of nitrogens with zero attached hydrogens (tertiary/aromatic N) is 4.